The van der Waals surface area contributed by atoms with Crippen LogP contribution in [0.25, 0.3) is 0 Å². The lowest BCUT2D eigenvalue weighted by Crippen LogP contribution is -2.55. The largest absolute Gasteiger partial charge is 0.391 e. The second-order valence-corrected chi connectivity index (χ2v) is 7.30. The zero-order valence-electron chi connectivity index (χ0n) is 13.8. The van der Waals surface area contributed by atoms with Gasteiger partial charge in [0.2, 0.25) is 0 Å². The van der Waals surface area contributed by atoms with Crippen molar-refractivity contribution in [2.45, 2.75) is 57.6 Å². The molecule has 5 nitrogen and oxygen atoms in total. The number of nitrogens with one attached hydrogen (secondary N) is 1. The highest BCUT2D eigenvalue weighted by molar-refractivity contribution is 5.73. The van der Waals surface area contributed by atoms with E-state index in [-0.39, 0.29) is 17.7 Å². The Hall–Kier alpha value is -0.810. The number of rotatable bonds is 6. The summed E-state index contributed by atoms with van der Waals surface area (Å²) in [6.45, 7) is 7.71. The summed E-state index contributed by atoms with van der Waals surface area (Å²) >= 11 is 0. The SMILES string of the molecule is CN(CC(O)C1CC1)C(=O)NCC(C)(C)N1CCCCC1. The highest BCUT2D eigenvalue weighted by Gasteiger charge is 2.32. The van der Waals surface area contributed by atoms with Crippen molar-refractivity contribution < 1.29 is 9.90 Å². The Morgan fingerprint density at radius 1 is 1.33 bits per heavy atom. The van der Waals surface area contributed by atoms with Gasteiger partial charge in [-0.1, -0.05) is 6.42 Å². The van der Waals surface area contributed by atoms with Crippen LogP contribution in [0, 0.1) is 5.92 Å². The molecule has 0 bridgehead atoms. The first-order valence-corrected chi connectivity index (χ1v) is 8.32. The predicted molar refractivity (Wildman–Crippen MR) is 84.3 cm³/mol. The van der Waals surface area contributed by atoms with Crippen LogP contribution in [-0.4, -0.2) is 65.8 Å². The molecule has 2 N–H and O–H groups in total. The summed E-state index contributed by atoms with van der Waals surface area (Å²) in [4.78, 5) is 16.2. The lowest BCUT2D eigenvalue weighted by atomic mass is 9.98. The summed E-state index contributed by atoms with van der Waals surface area (Å²) < 4.78 is 0. The summed E-state index contributed by atoms with van der Waals surface area (Å²) in [5, 5.41) is 12.9. The van der Waals surface area contributed by atoms with E-state index >= 15 is 0 Å². The molecular weight excluding hydrogens is 266 g/mol. The lowest BCUT2D eigenvalue weighted by molar-refractivity contribution is 0.0901. The van der Waals surface area contributed by atoms with Gasteiger partial charge in [0.15, 0.2) is 0 Å². The fourth-order valence-electron chi connectivity index (χ4n) is 3.03. The molecule has 21 heavy (non-hydrogen) atoms. The Balaban J connectivity index is 1.73. The van der Waals surface area contributed by atoms with Gasteiger partial charge in [-0.05, 0) is 58.5 Å². The Morgan fingerprint density at radius 3 is 2.52 bits per heavy atom. The van der Waals surface area contributed by atoms with Gasteiger partial charge in [-0.2, -0.15) is 0 Å². The molecule has 1 unspecified atom stereocenters. The third-order valence-electron chi connectivity index (χ3n) is 4.86. The minimum absolute atomic E-state index is 0.00791. The van der Waals surface area contributed by atoms with Crippen molar-refractivity contribution in [1.29, 1.82) is 0 Å². The molecule has 0 aromatic carbocycles. The molecule has 0 radical (unpaired) electrons. The molecule has 2 amide bonds. The molecule has 1 heterocycles. The van der Waals surface area contributed by atoms with Crippen molar-refractivity contribution in [2.24, 2.45) is 5.92 Å². The first-order valence-electron chi connectivity index (χ1n) is 8.32. The van der Waals surface area contributed by atoms with E-state index in [0.29, 0.717) is 19.0 Å². The molecule has 0 spiro atoms. The van der Waals surface area contributed by atoms with Crippen LogP contribution >= 0.6 is 0 Å². The summed E-state index contributed by atoms with van der Waals surface area (Å²) in [7, 11) is 1.76. The molecule has 1 saturated heterocycles. The minimum Gasteiger partial charge on any atom is -0.391 e. The number of urea groups is 1. The van der Waals surface area contributed by atoms with Gasteiger partial charge in [-0.25, -0.2) is 4.79 Å². The van der Waals surface area contributed by atoms with Crippen LogP contribution in [0.3, 0.4) is 0 Å². The number of hydrogen-bond donors (Lipinski definition) is 2. The number of aliphatic hydroxyl groups is 1. The van der Waals surface area contributed by atoms with E-state index in [1.54, 1.807) is 11.9 Å². The van der Waals surface area contributed by atoms with Crippen LogP contribution in [0.5, 0.6) is 0 Å². The maximum Gasteiger partial charge on any atom is 0.317 e. The topological polar surface area (TPSA) is 55.8 Å². The van der Waals surface area contributed by atoms with Crippen molar-refractivity contribution >= 4 is 6.03 Å². The molecular formula is C16H31N3O2. The monoisotopic (exact) mass is 297 g/mol. The van der Waals surface area contributed by atoms with E-state index in [4.69, 9.17) is 0 Å². The third-order valence-corrected chi connectivity index (χ3v) is 4.86. The first-order chi connectivity index (χ1) is 9.90. The summed E-state index contributed by atoms with van der Waals surface area (Å²) in [6.07, 6.45) is 5.66. The van der Waals surface area contributed by atoms with E-state index in [0.717, 1.165) is 25.9 Å². The van der Waals surface area contributed by atoms with Gasteiger partial charge < -0.3 is 15.3 Å². The van der Waals surface area contributed by atoms with Gasteiger partial charge in [0.25, 0.3) is 0 Å². The van der Waals surface area contributed by atoms with Crippen LogP contribution in [-0.2, 0) is 0 Å². The van der Waals surface area contributed by atoms with E-state index in [9.17, 15) is 9.90 Å². The average molecular weight is 297 g/mol. The van der Waals surface area contributed by atoms with Crippen molar-refractivity contribution in [3.8, 4) is 0 Å². The van der Waals surface area contributed by atoms with E-state index in [1.165, 1.54) is 19.3 Å². The van der Waals surface area contributed by atoms with Gasteiger partial charge >= 0.3 is 6.03 Å². The average Bonchev–Trinajstić information content (AvgIpc) is 3.30. The van der Waals surface area contributed by atoms with Crippen LogP contribution in [0.2, 0.25) is 0 Å². The Bertz CT molecular complexity index is 349. The second-order valence-electron chi connectivity index (χ2n) is 7.30. The molecule has 2 aliphatic rings. The number of likely N-dealkylation sites (N-methyl/N-ethyl adjacent to an activating group) is 1. The highest BCUT2D eigenvalue weighted by Crippen LogP contribution is 2.32. The number of carbonyl (C=O) groups is 1. The lowest BCUT2D eigenvalue weighted by Gasteiger charge is -2.41. The number of piperidine rings is 1. The summed E-state index contributed by atoms with van der Waals surface area (Å²) in [5.41, 5.74) is -0.00791. The number of nitrogens with zero attached hydrogens (tertiary/aromatic N) is 2. The molecule has 0 aromatic heterocycles. The molecule has 1 saturated carbocycles. The normalized spacial score (nSPS) is 21.9. The number of hydrogen-bond acceptors (Lipinski definition) is 3. The third kappa shape index (κ3) is 4.85. The fourth-order valence-corrected chi connectivity index (χ4v) is 3.03. The molecule has 1 atom stereocenters. The Kier molecular flexibility index (Phi) is 5.49. The van der Waals surface area contributed by atoms with Crippen LogP contribution in [0.4, 0.5) is 4.79 Å². The van der Waals surface area contributed by atoms with Crippen LogP contribution in [0.15, 0.2) is 0 Å². The molecule has 1 aliphatic heterocycles. The van der Waals surface area contributed by atoms with E-state index in [2.05, 4.69) is 24.1 Å². The maximum absolute atomic E-state index is 12.1. The standard InChI is InChI=1S/C16H31N3O2/c1-16(2,19-9-5-4-6-10-19)12-17-15(21)18(3)11-14(20)13-7-8-13/h13-14,20H,4-12H2,1-3H3,(H,17,21). The Morgan fingerprint density at radius 2 is 1.95 bits per heavy atom. The van der Waals surface area contributed by atoms with Crippen LogP contribution < -0.4 is 5.32 Å². The zero-order valence-corrected chi connectivity index (χ0v) is 13.8. The van der Waals surface area contributed by atoms with Gasteiger partial charge in [-0.15, -0.1) is 0 Å². The van der Waals surface area contributed by atoms with Gasteiger partial charge in [0, 0.05) is 25.7 Å². The number of amides is 2. The van der Waals surface area contributed by atoms with Gasteiger partial charge in [0.1, 0.15) is 0 Å². The predicted octanol–water partition coefficient (Wildman–Crippen LogP) is 1.66. The van der Waals surface area contributed by atoms with E-state index in [1.807, 2.05) is 0 Å². The van der Waals surface area contributed by atoms with Gasteiger partial charge in [-0.3, -0.25) is 4.90 Å². The molecule has 0 aromatic rings. The van der Waals surface area contributed by atoms with Crippen molar-refractivity contribution in [2.75, 3.05) is 33.2 Å². The zero-order chi connectivity index (χ0) is 15.5. The summed E-state index contributed by atoms with van der Waals surface area (Å²) in [5.74, 6) is 0.407. The number of likely N-dealkylation sites (tertiary alicyclic amines) is 1. The quantitative estimate of drug-likeness (QED) is 0.784. The summed E-state index contributed by atoms with van der Waals surface area (Å²) in [6, 6.07) is -0.0835. The van der Waals surface area contributed by atoms with E-state index < -0.39 is 0 Å². The fraction of sp³-hybridized carbons (Fsp3) is 0.938. The second kappa shape index (κ2) is 6.97. The molecule has 5 heteroatoms. The Labute approximate surface area is 128 Å². The molecule has 122 valence electrons. The first kappa shape index (κ1) is 16.6. The number of aliphatic hydroxyl groups excluding tert-OH is 1. The smallest absolute Gasteiger partial charge is 0.317 e. The van der Waals surface area contributed by atoms with Crippen molar-refractivity contribution in [1.82, 2.24) is 15.1 Å². The van der Waals surface area contributed by atoms with Crippen LogP contribution in [0.1, 0.15) is 46.0 Å². The highest BCUT2D eigenvalue weighted by atomic mass is 16.3. The minimum atomic E-state index is -0.365. The molecule has 1 aliphatic carbocycles. The molecule has 2 rings (SSSR count). The van der Waals surface area contributed by atoms with Crippen molar-refractivity contribution in [3.63, 3.8) is 0 Å². The number of carbonyl (C=O) groups excluding carboxylic acids is 1. The van der Waals surface area contributed by atoms with Gasteiger partial charge in [0.05, 0.1) is 6.10 Å². The molecule has 2 fully saturated rings. The maximum atomic E-state index is 12.1. The van der Waals surface area contributed by atoms with Crippen molar-refractivity contribution in [3.05, 3.63) is 0 Å².